The molecule has 0 saturated carbocycles. The number of methoxy groups -OCH3 is 1. The van der Waals surface area contributed by atoms with Gasteiger partial charge in [-0.2, -0.15) is 13.2 Å². The van der Waals surface area contributed by atoms with Crippen molar-refractivity contribution < 1.29 is 27.1 Å². The average Bonchev–Trinajstić information content (AvgIpc) is 3.19. The lowest BCUT2D eigenvalue weighted by Gasteiger charge is -2.12. The van der Waals surface area contributed by atoms with E-state index in [-0.39, 0.29) is 34.5 Å². The van der Waals surface area contributed by atoms with Crippen molar-refractivity contribution in [1.29, 1.82) is 0 Å². The SMILES string of the molecule is COC(=O)c1nc(-c2ccc(C(F)(F)F)cc2)nc(NCc2ccco2)c1Cl. The number of hydrogen-bond donors (Lipinski definition) is 1. The summed E-state index contributed by atoms with van der Waals surface area (Å²) in [5.74, 6) is -0.0872. The Morgan fingerprint density at radius 2 is 1.93 bits per heavy atom. The van der Waals surface area contributed by atoms with E-state index in [0.717, 1.165) is 19.2 Å². The van der Waals surface area contributed by atoms with E-state index in [4.69, 9.17) is 16.0 Å². The summed E-state index contributed by atoms with van der Waals surface area (Å²) in [5, 5.41) is 2.84. The molecule has 0 unspecified atom stereocenters. The fraction of sp³-hybridized carbons (Fsp3) is 0.167. The zero-order valence-electron chi connectivity index (χ0n) is 14.4. The molecule has 0 spiro atoms. The number of furan rings is 1. The third-order valence-corrected chi connectivity index (χ3v) is 4.07. The Kier molecular flexibility index (Phi) is 5.55. The Morgan fingerprint density at radius 1 is 1.21 bits per heavy atom. The molecular weight excluding hydrogens is 399 g/mol. The summed E-state index contributed by atoms with van der Waals surface area (Å²) in [7, 11) is 1.16. The maximum atomic E-state index is 12.8. The highest BCUT2D eigenvalue weighted by molar-refractivity contribution is 6.35. The van der Waals surface area contributed by atoms with Crippen molar-refractivity contribution >= 4 is 23.4 Å². The van der Waals surface area contributed by atoms with E-state index >= 15 is 0 Å². The number of hydrogen-bond acceptors (Lipinski definition) is 6. The monoisotopic (exact) mass is 411 g/mol. The number of carbonyl (C=O) groups is 1. The summed E-state index contributed by atoms with van der Waals surface area (Å²) in [6, 6.07) is 7.65. The minimum Gasteiger partial charge on any atom is -0.467 e. The number of nitrogens with one attached hydrogen (secondary N) is 1. The minimum absolute atomic E-state index is 0.0143. The fourth-order valence-corrected chi connectivity index (χ4v) is 2.55. The van der Waals surface area contributed by atoms with E-state index in [1.807, 2.05) is 0 Å². The summed E-state index contributed by atoms with van der Waals surface area (Å²) in [5.41, 5.74) is -0.749. The summed E-state index contributed by atoms with van der Waals surface area (Å²) in [4.78, 5) is 20.3. The smallest absolute Gasteiger partial charge is 0.416 e. The number of alkyl halides is 3. The van der Waals surface area contributed by atoms with Gasteiger partial charge in [0.25, 0.3) is 0 Å². The van der Waals surface area contributed by atoms with E-state index in [1.54, 1.807) is 12.1 Å². The van der Waals surface area contributed by atoms with Crippen LogP contribution in [0.5, 0.6) is 0 Å². The van der Waals surface area contributed by atoms with E-state index in [2.05, 4.69) is 20.0 Å². The Bertz CT molecular complexity index is 974. The molecule has 0 aliphatic heterocycles. The molecule has 3 rings (SSSR count). The number of ether oxygens (including phenoxy) is 1. The predicted molar refractivity (Wildman–Crippen MR) is 94.9 cm³/mol. The average molecular weight is 412 g/mol. The molecule has 6 nitrogen and oxygen atoms in total. The van der Waals surface area contributed by atoms with Crippen molar-refractivity contribution in [3.63, 3.8) is 0 Å². The predicted octanol–water partition coefficient (Wildman–Crippen LogP) is 4.81. The molecule has 28 heavy (non-hydrogen) atoms. The van der Waals surface area contributed by atoms with Gasteiger partial charge in [0, 0.05) is 5.56 Å². The van der Waals surface area contributed by atoms with Crippen LogP contribution in [0.2, 0.25) is 5.02 Å². The summed E-state index contributed by atoms with van der Waals surface area (Å²) < 4.78 is 48.2. The lowest BCUT2D eigenvalue weighted by atomic mass is 10.1. The second-order valence-corrected chi connectivity index (χ2v) is 5.94. The van der Waals surface area contributed by atoms with Crippen LogP contribution >= 0.6 is 11.6 Å². The van der Waals surface area contributed by atoms with Crippen LogP contribution in [0.4, 0.5) is 19.0 Å². The Morgan fingerprint density at radius 3 is 2.50 bits per heavy atom. The second-order valence-electron chi connectivity index (χ2n) is 5.56. The molecule has 2 heterocycles. The second kappa shape index (κ2) is 7.89. The van der Waals surface area contributed by atoms with Crippen LogP contribution in [-0.4, -0.2) is 23.0 Å². The molecule has 0 aliphatic carbocycles. The quantitative estimate of drug-likeness (QED) is 0.607. The van der Waals surface area contributed by atoms with Gasteiger partial charge in [-0.3, -0.25) is 0 Å². The van der Waals surface area contributed by atoms with Crippen molar-refractivity contribution in [3.8, 4) is 11.4 Å². The van der Waals surface area contributed by atoms with Gasteiger partial charge in [-0.15, -0.1) is 0 Å². The number of halogens is 4. The molecule has 0 atom stereocenters. The Labute approximate surface area is 162 Å². The van der Waals surface area contributed by atoms with Gasteiger partial charge >= 0.3 is 12.1 Å². The van der Waals surface area contributed by atoms with E-state index in [0.29, 0.717) is 5.76 Å². The number of aromatic nitrogens is 2. The molecule has 0 saturated heterocycles. The van der Waals surface area contributed by atoms with Gasteiger partial charge < -0.3 is 14.5 Å². The highest BCUT2D eigenvalue weighted by Gasteiger charge is 2.30. The van der Waals surface area contributed by atoms with Crippen LogP contribution in [0.3, 0.4) is 0 Å². The fourth-order valence-electron chi connectivity index (χ4n) is 2.32. The van der Waals surface area contributed by atoms with Crippen LogP contribution < -0.4 is 5.32 Å². The lowest BCUT2D eigenvalue weighted by Crippen LogP contribution is -2.11. The highest BCUT2D eigenvalue weighted by Crippen LogP contribution is 2.32. The third-order valence-electron chi connectivity index (χ3n) is 3.71. The minimum atomic E-state index is -4.47. The molecule has 0 bridgehead atoms. The molecule has 0 aliphatic rings. The normalized spacial score (nSPS) is 11.3. The van der Waals surface area contributed by atoms with Crippen LogP contribution in [0.25, 0.3) is 11.4 Å². The van der Waals surface area contributed by atoms with E-state index in [1.165, 1.54) is 18.4 Å². The molecule has 146 valence electrons. The van der Waals surface area contributed by atoms with Crippen LogP contribution in [0.15, 0.2) is 47.1 Å². The van der Waals surface area contributed by atoms with Gasteiger partial charge in [-0.25, -0.2) is 14.8 Å². The van der Waals surface area contributed by atoms with Crippen LogP contribution in [0, 0.1) is 0 Å². The highest BCUT2D eigenvalue weighted by atomic mass is 35.5. The summed E-state index contributed by atoms with van der Waals surface area (Å²) in [6.07, 6.45) is -2.97. The molecule has 2 aromatic heterocycles. The molecule has 1 N–H and O–H groups in total. The number of nitrogens with zero attached hydrogens (tertiary/aromatic N) is 2. The van der Waals surface area contributed by atoms with Gasteiger partial charge in [0.05, 0.1) is 25.5 Å². The lowest BCUT2D eigenvalue weighted by molar-refractivity contribution is -0.137. The molecule has 1 aromatic carbocycles. The third kappa shape index (κ3) is 4.25. The Hall–Kier alpha value is -3.07. The van der Waals surface area contributed by atoms with Gasteiger partial charge in [0.15, 0.2) is 11.5 Å². The molecular formula is C18H13ClF3N3O3. The summed E-state index contributed by atoms with van der Waals surface area (Å²) >= 11 is 6.20. The topological polar surface area (TPSA) is 77.2 Å². The van der Waals surface area contributed by atoms with Gasteiger partial charge in [-0.1, -0.05) is 23.7 Å². The zero-order valence-corrected chi connectivity index (χ0v) is 15.1. The van der Waals surface area contributed by atoms with E-state index in [9.17, 15) is 18.0 Å². The number of benzene rings is 1. The standard InChI is InChI=1S/C18H13ClF3N3O3/c1-27-17(26)14-13(19)16(23-9-12-3-2-8-28-12)25-15(24-14)10-4-6-11(7-5-10)18(20,21)22/h2-8H,9H2,1H3,(H,23,24,25). The van der Waals surface area contributed by atoms with Crippen molar-refractivity contribution in [1.82, 2.24) is 9.97 Å². The first-order chi connectivity index (χ1) is 13.3. The van der Waals surface area contributed by atoms with Crippen molar-refractivity contribution in [2.24, 2.45) is 0 Å². The van der Waals surface area contributed by atoms with Gasteiger partial charge in [0.1, 0.15) is 16.6 Å². The van der Waals surface area contributed by atoms with Crippen molar-refractivity contribution in [3.05, 3.63) is 64.7 Å². The van der Waals surface area contributed by atoms with Crippen LogP contribution in [-0.2, 0) is 17.5 Å². The molecule has 0 radical (unpaired) electrons. The van der Waals surface area contributed by atoms with Crippen molar-refractivity contribution in [2.45, 2.75) is 12.7 Å². The number of rotatable bonds is 5. The maximum Gasteiger partial charge on any atom is 0.416 e. The first-order valence-corrected chi connectivity index (χ1v) is 8.27. The largest absolute Gasteiger partial charge is 0.467 e. The molecule has 0 amide bonds. The van der Waals surface area contributed by atoms with Crippen molar-refractivity contribution in [2.75, 3.05) is 12.4 Å². The van der Waals surface area contributed by atoms with Gasteiger partial charge in [0.2, 0.25) is 0 Å². The first kappa shape index (κ1) is 19.7. The van der Waals surface area contributed by atoms with Crippen LogP contribution in [0.1, 0.15) is 21.8 Å². The number of carbonyl (C=O) groups excluding carboxylic acids is 1. The van der Waals surface area contributed by atoms with E-state index < -0.39 is 17.7 Å². The van der Waals surface area contributed by atoms with Gasteiger partial charge in [-0.05, 0) is 24.3 Å². The maximum absolute atomic E-state index is 12.8. The zero-order chi connectivity index (χ0) is 20.3. The molecule has 0 fully saturated rings. The summed E-state index contributed by atoms with van der Waals surface area (Å²) in [6.45, 7) is 0.219. The number of esters is 1. The Balaban J connectivity index is 2.00. The molecule has 3 aromatic rings. The molecule has 10 heteroatoms. The first-order valence-electron chi connectivity index (χ1n) is 7.89. The number of anilines is 1.